The van der Waals surface area contributed by atoms with Gasteiger partial charge in [0.1, 0.15) is 4.90 Å². The molecule has 0 radical (unpaired) electrons. The summed E-state index contributed by atoms with van der Waals surface area (Å²) < 4.78 is 32.6. The number of carbonyl (C=O) groups excluding carboxylic acids is 1. The Bertz CT molecular complexity index is 1280. The Balaban J connectivity index is 1.86. The number of pyridine rings is 1. The molecule has 34 heavy (non-hydrogen) atoms. The van der Waals surface area contributed by atoms with Crippen LogP contribution in [0.4, 0.5) is 5.69 Å². The van der Waals surface area contributed by atoms with Crippen LogP contribution in [0.15, 0.2) is 58.5 Å². The molecule has 1 saturated heterocycles. The lowest BCUT2D eigenvalue weighted by Gasteiger charge is -2.33. The van der Waals surface area contributed by atoms with Crippen molar-refractivity contribution in [1.82, 2.24) is 14.9 Å². The molecular weight excluding hydrogens is 452 g/mol. The van der Waals surface area contributed by atoms with E-state index in [1.165, 1.54) is 6.20 Å². The van der Waals surface area contributed by atoms with E-state index < -0.39 is 15.8 Å². The number of aromatic nitrogens is 1. The predicted octanol–water partition coefficient (Wildman–Crippen LogP) is 3.38. The molecule has 1 fully saturated rings. The average molecular weight is 483 g/mol. The molecule has 3 aromatic rings. The summed E-state index contributed by atoms with van der Waals surface area (Å²) in [6, 6.07) is 11.9. The van der Waals surface area contributed by atoms with E-state index >= 15 is 0 Å². The van der Waals surface area contributed by atoms with Gasteiger partial charge in [-0.2, -0.15) is 0 Å². The zero-order valence-corrected chi connectivity index (χ0v) is 20.6. The minimum atomic E-state index is -3.87. The number of hydrogen-bond acceptors (Lipinski definition) is 8. The third kappa shape index (κ3) is 4.91. The van der Waals surface area contributed by atoms with Crippen molar-refractivity contribution in [2.75, 3.05) is 45.3 Å². The highest BCUT2D eigenvalue weighted by Gasteiger charge is 2.26. The van der Waals surface area contributed by atoms with Gasteiger partial charge in [0.25, 0.3) is 0 Å². The van der Waals surface area contributed by atoms with Gasteiger partial charge in [-0.1, -0.05) is 19.1 Å². The summed E-state index contributed by atoms with van der Waals surface area (Å²) in [6.07, 6.45) is 2.22. The highest BCUT2D eigenvalue weighted by Crippen LogP contribution is 2.34. The first-order valence-corrected chi connectivity index (χ1v) is 13.0. The normalized spacial score (nSPS) is 15.4. The molecule has 1 aliphatic rings. The van der Waals surface area contributed by atoms with Gasteiger partial charge in [0, 0.05) is 37.8 Å². The zero-order valence-electron chi connectivity index (χ0n) is 19.7. The monoisotopic (exact) mass is 482 g/mol. The second kappa shape index (κ2) is 10.1. The van der Waals surface area contributed by atoms with E-state index in [-0.39, 0.29) is 16.4 Å². The fourth-order valence-corrected chi connectivity index (χ4v) is 5.31. The van der Waals surface area contributed by atoms with E-state index in [9.17, 15) is 13.2 Å². The highest BCUT2D eigenvalue weighted by molar-refractivity contribution is 7.91. The first-order chi connectivity index (χ1) is 16.3. The molecule has 0 atom stereocenters. The number of hydrogen-bond donors (Lipinski definition) is 1. The Labute approximate surface area is 200 Å². The number of nitrogens with zero attached hydrogens (tertiary/aromatic N) is 3. The van der Waals surface area contributed by atoms with Crippen LogP contribution in [0, 0.1) is 0 Å². The van der Waals surface area contributed by atoms with Gasteiger partial charge in [-0.05, 0) is 56.3 Å². The Hall–Kier alpha value is -3.01. The molecule has 0 amide bonds. The van der Waals surface area contributed by atoms with Crippen LogP contribution in [0.1, 0.15) is 29.8 Å². The fourth-order valence-electron chi connectivity index (χ4n) is 3.94. The molecule has 0 aliphatic carbocycles. The second-order valence-corrected chi connectivity index (χ2v) is 10.3. The number of anilines is 1. The lowest BCUT2D eigenvalue weighted by atomic mass is 10.1. The summed E-state index contributed by atoms with van der Waals surface area (Å²) in [5, 5.41) is 2.56. The van der Waals surface area contributed by atoms with Gasteiger partial charge in [0.15, 0.2) is 0 Å². The maximum Gasteiger partial charge on any atom is 0.338 e. The van der Waals surface area contributed by atoms with Crippen molar-refractivity contribution in [3.8, 4) is 0 Å². The van der Waals surface area contributed by atoms with Crippen molar-refractivity contribution in [1.29, 1.82) is 0 Å². The number of hydrazine groups is 1. The smallest absolute Gasteiger partial charge is 0.338 e. The summed E-state index contributed by atoms with van der Waals surface area (Å²) in [5.74, 6) is -0.460. The van der Waals surface area contributed by atoms with E-state index in [0.717, 1.165) is 38.2 Å². The SMILES string of the molecule is CCOC(=O)c1ccc2ncc(S(=O)(=O)c3ccc(CC)cc3)c(NN3CCN(C)CC3)c2c1. The van der Waals surface area contributed by atoms with Crippen LogP contribution in [0.25, 0.3) is 10.9 Å². The molecule has 2 aromatic carbocycles. The Morgan fingerprint density at radius 1 is 1.06 bits per heavy atom. The van der Waals surface area contributed by atoms with E-state index in [1.54, 1.807) is 37.3 Å². The number of likely N-dealkylation sites (N-methyl/N-ethyl adjacent to an activating group) is 1. The predicted molar refractivity (Wildman–Crippen MR) is 132 cm³/mol. The molecule has 1 N–H and O–H groups in total. The van der Waals surface area contributed by atoms with Crippen LogP contribution in [-0.2, 0) is 21.0 Å². The summed E-state index contributed by atoms with van der Waals surface area (Å²) in [7, 11) is -1.81. The topological polar surface area (TPSA) is 91.8 Å². The quantitative estimate of drug-likeness (QED) is 0.513. The van der Waals surface area contributed by atoms with Gasteiger partial charge in [0.2, 0.25) is 9.84 Å². The molecule has 0 saturated carbocycles. The van der Waals surface area contributed by atoms with Crippen LogP contribution >= 0.6 is 0 Å². The molecule has 0 bridgehead atoms. The summed E-state index contributed by atoms with van der Waals surface area (Å²) >= 11 is 0. The minimum Gasteiger partial charge on any atom is -0.462 e. The summed E-state index contributed by atoms with van der Waals surface area (Å²) in [6.45, 7) is 7.18. The first-order valence-electron chi connectivity index (χ1n) is 11.5. The standard InChI is InChI=1S/C25H30N4O4S/c1-4-18-6-9-20(10-7-18)34(31,32)23-17-26-22-11-8-19(25(30)33-5-2)16-21(22)24(23)27-29-14-12-28(3)13-15-29/h6-11,16-17H,4-5,12-15H2,1-3H3,(H,26,27). The molecule has 4 rings (SSSR count). The second-order valence-electron chi connectivity index (χ2n) is 8.35. The van der Waals surface area contributed by atoms with Gasteiger partial charge in [-0.25, -0.2) is 18.2 Å². The van der Waals surface area contributed by atoms with Gasteiger partial charge in [-0.15, -0.1) is 0 Å². The average Bonchev–Trinajstić information content (AvgIpc) is 2.85. The lowest BCUT2D eigenvalue weighted by Crippen LogP contribution is -2.47. The third-order valence-corrected chi connectivity index (χ3v) is 7.83. The first kappa shape index (κ1) is 24.1. The van der Waals surface area contributed by atoms with Crippen molar-refractivity contribution in [2.24, 2.45) is 0 Å². The van der Waals surface area contributed by atoms with E-state index in [2.05, 4.69) is 22.4 Å². The number of piperazine rings is 1. The number of benzene rings is 2. The number of aryl methyl sites for hydroxylation is 1. The van der Waals surface area contributed by atoms with Crippen molar-refractivity contribution in [3.05, 3.63) is 59.8 Å². The van der Waals surface area contributed by atoms with Gasteiger partial charge < -0.3 is 15.1 Å². The summed E-state index contributed by atoms with van der Waals surface area (Å²) in [4.78, 5) is 19.3. The van der Waals surface area contributed by atoms with Crippen molar-refractivity contribution in [2.45, 2.75) is 30.1 Å². The molecule has 0 spiro atoms. The van der Waals surface area contributed by atoms with Gasteiger partial charge in [-0.3, -0.25) is 4.98 Å². The minimum absolute atomic E-state index is 0.0733. The molecule has 180 valence electrons. The molecular formula is C25H30N4O4S. The van der Waals surface area contributed by atoms with E-state index in [4.69, 9.17) is 4.74 Å². The zero-order chi connectivity index (χ0) is 24.3. The van der Waals surface area contributed by atoms with Crippen LogP contribution in [0.2, 0.25) is 0 Å². The highest BCUT2D eigenvalue weighted by atomic mass is 32.2. The Morgan fingerprint density at radius 2 is 1.76 bits per heavy atom. The number of fused-ring (bicyclic) bond motifs is 1. The fraction of sp³-hybridized carbons (Fsp3) is 0.360. The number of sulfone groups is 1. The molecule has 0 unspecified atom stereocenters. The van der Waals surface area contributed by atoms with Crippen LogP contribution < -0.4 is 5.43 Å². The molecule has 8 nitrogen and oxygen atoms in total. The van der Waals surface area contributed by atoms with Crippen LogP contribution in [0.5, 0.6) is 0 Å². The summed E-state index contributed by atoms with van der Waals surface area (Å²) in [5.41, 5.74) is 5.76. The maximum absolute atomic E-state index is 13.7. The third-order valence-electron chi connectivity index (χ3n) is 6.05. The number of rotatable bonds is 7. The number of ether oxygens (including phenoxy) is 1. The number of nitrogens with one attached hydrogen (secondary N) is 1. The van der Waals surface area contributed by atoms with E-state index in [0.29, 0.717) is 22.2 Å². The Morgan fingerprint density at radius 3 is 2.41 bits per heavy atom. The van der Waals surface area contributed by atoms with Crippen molar-refractivity contribution >= 4 is 32.4 Å². The van der Waals surface area contributed by atoms with Gasteiger partial charge >= 0.3 is 5.97 Å². The van der Waals surface area contributed by atoms with Crippen molar-refractivity contribution < 1.29 is 17.9 Å². The number of carbonyl (C=O) groups is 1. The largest absolute Gasteiger partial charge is 0.462 e. The maximum atomic E-state index is 13.7. The molecule has 2 heterocycles. The lowest BCUT2D eigenvalue weighted by molar-refractivity contribution is 0.0526. The van der Waals surface area contributed by atoms with Crippen molar-refractivity contribution in [3.63, 3.8) is 0 Å². The number of esters is 1. The Kier molecular flexibility index (Phi) is 7.16. The molecule has 1 aromatic heterocycles. The molecule has 1 aliphatic heterocycles. The molecule has 9 heteroatoms. The van der Waals surface area contributed by atoms with Crippen LogP contribution in [-0.4, -0.2) is 69.1 Å². The van der Waals surface area contributed by atoms with E-state index in [1.807, 2.05) is 24.1 Å². The van der Waals surface area contributed by atoms with Gasteiger partial charge in [0.05, 0.1) is 28.3 Å². The van der Waals surface area contributed by atoms with Crippen LogP contribution in [0.3, 0.4) is 0 Å².